The Labute approximate surface area is 164 Å². The lowest BCUT2D eigenvalue weighted by molar-refractivity contribution is 0.0694. The van der Waals surface area contributed by atoms with Gasteiger partial charge in [0.25, 0.3) is 0 Å². The number of rotatable bonds is 3. The number of carbonyl (C=O) groups is 1. The summed E-state index contributed by atoms with van der Waals surface area (Å²) in [5.74, 6) is -1.57. The van der Waals surface area contributed by atoms with E-state index in [1.807, 2.05) is 0 Å². The van der Waals surface area contributed by atoms with Gasteiger partial charge in [0, 0.05) is 29.7 Å². The molecular weight excluding hydrogens is 377 g/mol. The molecule has 1 fully saturated rings. The van der Waals surface area contributed by atoms with Crippen molar-refractivity contribution in [1.29, 1.82) is 0 Å². The fourth-order valence-electron chi connectivity index (χ4n) is 3.59. The number of pyridine rings is 1. The Bertz CT molecular complexity index is 1190. The lowest BCUT2D eigenvalue weighted by Gasteiger charge is -2.35. The highest BCUT2D eigenvalue weighted by Crippen LogP contribution is 2.43. The quantitative estimate of drug-likeness (QED) is 0.776. The highest BCUT2D eigenvalue weighted by molar-refractivity contribution is 5.90. The Balaban J connectivity index is 1.72. The molecule has 9 heteroatoms. The zero-order chi connectivity index (χ0) is 20.3. The first-order chi connectivity index (χ1) is 13.9. The zero-order valence-corrected chi connectivity index (χ0v) is 15.1. The number of nitrogen functional groups attached to an aromatic ring is 1. The molecule has 0 amide bonds. The van der Waals surface area contributed by atoms with Crippen molar-refractivity contribution in [3.8, 4) is 0 Å². The van der Waals surface area contributed by atoms with Gasteiger partial charge >= 0.3 is 5.97 Å². The fourth-order valence-corrected chi connectivity index (χ4v) is 3.59. The van der Waals surface area contributed by atoms with Crippen LogP contribution in [0.3, 0.4) is 0 Å². The maximum atomic E-state index is 14.8. The highest BCUT2D eigenvalue weighted by Gasteiger charge is 2.38. The van der Waals surface area contributed by atoms with Crippen LogP contribution in [0.25, 0.3) is 11.8 Å². The van der Waals surface area contributed by atoms with Crippen molar-refractivity contribution in [3.05, 3.63) is 69.4 Å². The van der Waals surface area contributed by atoms with E-state index in [1.165, 1.54) is 6.20 Å². The number of benzene rings is 1. The topological polar surface area (TPSA) is 113 Å². The van der Waals surface area contributed by atoms with E-state index in [0.29, 0.717) is 17.2 Å². The molecule has 0 saturated heterocycles. The Morgan fingerprint density at radius 3 is 2.62 bits per heavy atom. The molecule has 1 atom stereocenters. The summed E-state index contributed by atoms with van der Waals surface area (Å²) < 4.78 is 16.5. The fraction of sp³-hybridized carbons (Fsp3) is 0.200. The number of fused-ring (bicyclic) bond motifs is 3. The van der Waals surface area contributed by atoms with Crippen LogP contribution in [0.4, 0.5) is 15.9 Å². The van der Waals surface area contributed by atoms with Crippen molar-refractivity contribution in [2.45, 2.75) is 25.0 Å². The van der Waals surface area contributed by atoms with Gasteiger partial charge in [0.05, 0.1) is 5.56 Å². The Morgan fingerprint density at radius 2 is 1.97 bits per heavy atom. The number of carboxylic acid groups (broad SMARTS) is 1. The summed E-state index contributed by atoms with van der Waals surface area (Å²) in [6.07, 6.45) is 4.74. The molecule has 3 N–H and O–H groups in total. The van der Waals surface area contributed by atoms with Gasteiger partial charge in [-0.05, 0) is 31.1 Å². The third-order valence-corrected chi connectivity index (χ3v) is 5.19. The third-order valence-electron chi connectivity index (χ3n) is 5.19. The van der Waals surface area contributed by atoms with Gasteiger partial charge in [-0.1, -0.05) is 12.1 Å². The summed E-state index contributed by atoms with van der Waals surface area (Å²) in [5, 5.41) is 17.6. The lowest BCUT2D eigenvalue weighted by atomic mass is 10.0. The zero-order valence-electron chi connectivity index (χ0n) is 15.1. The normalized spacial score (nSPS) is 19.9. The second-order valence-corrected chi connectivity index (χ2v) is 7.21. The van der Waals surface area contributed by atoms with E-state index in [0.717, 1.165) is 24.5 Å². The van der Waals surface area contributed by atoms with Gasteiger partial charge in [-0.25, -0.2) is 9.18 Å². The maximum Gasteiger partial charge on any atom is 0.341 e. The number of nitrogens with two attached hydrogens (primary N) is 1. The SMILES string of the molecule is Nc1ccc(C2=CN3c4c(c(=O)c(C(=O)O)cn4C4CC4)C=C(F)C3N=N2)cc1. The number of aromatic carboxylic acids is 1. The third kappa shape index (κ3) is 2.74. The van der Waals surface area contributed by atoms with E-state index < -0.39 is 23.4 Å². The standard InChI is InChI=1S/C20H16FN5O3/c21-15-7-13-17(27)14(20(28)29)8-25(12-5-6-12)19(13)26-9-16(23-24-18(15)26)10-1-3-11(22)4-2-10/h1-4,7-9,12,18H,5-6,22H2,(H,28,29). The average Bonchev–Trinajstić information content (AvgIpc) is 3.54. The van der Waals surface area contributed by atoms with Crippen molar-refractivity contribution >= 4 is 29.2 Å². The number of halogens is 1. The Kier molecular flexibility index (Phi) is 3.67. The second-order valence-electron chi connectivity index (χ2n) is 7.21. The molecule has 1 aliphatic carbocycles. The molecule has 1 saturated carbocycles. The molecule has 0 bridgehead atoms. The Morgan fingerprint density at radius 1 is 1.24 bits per heavy atom. The van der Waals surface area contributed by atoms with E-state index in [-0.39, 0.29) is 17.2 Å². The predicted molar refractivity (Wildman–Crippen MR) is 105 cm³/mol. The molecule has 29 heavy (non-hydrogen) atoms. The minimum absolute atomic E-state index is 0.00977. The molecule has 2 aromatic rings. The van der Waals surface area contributed by atoms with Crippen LogP contribution < -0.4 is 16.1 Å². The van der Waals surface area contributed by atoms with Crippen LogP contribution in [0.1, 0.15) is 40.4 Å². The molecule has 8 nitrogen and oxygen atoms in total. The predicted octanol–water partition coefficient (Wildman–Crippen LogP) is 3.38. The number of aromatic nitrogens is 1. The molecule has 1 unspecified atom stereocenters. The number of carboxylic acids is 1. The molecule has 146 valence electrons. The van der Waals surface area contributed by atoms with Gasteiger partial charge < -0.3 is 20.3 Å². The van der Waals surface area contributed by atoms with Crippen LogP contribution in [0.5, 0.6) is 0 Å². The number of nitrogens with zero attached hydrogens (tertiary/aromatic N) is 4. The molecule has 0 radical (unpaired) electrons. The molecule has 1 aromatic carbocycles. The highest BCUT2D eigenvalue weighted by atomic mass is 19.1. The lowest BCUT2D eigenvalue weighted by Crippen LogP contribution is -2.39. The largest absolute Gasteiger partial charge is 0.477 e. The van der Waals surface area contributed by atoms with Crippen LogP contribution in [0.15, 0.2) is 57.5 Å². The number of hydrogen-bond acceptors (Lipinski definition) is 6. The summed E-state index contributed by atoms with van der Waals surface area (Å²) in [6.45, 7) is 0. The summed E-state index contributed by atoms with van der Waals surface area (Å²) in [7, 11) is 0. The summed E-state index contributed by atoms with van der Waals surface area (Å²) >= 11 is 0. The minimum Gasteiger partial charge on any atom is -0.477 e. The van der Waals surface area contributed by atoms with E-state index in [4.69, 9.17) is 5.73 Å². The van der Waals surface area contributed by atoms with Crippen molar-refractivity contribution < 1.29 is 14.3 Å². The maximum absolute atomic E-state index is 14.8. The monoisotopic (exact) mass is 393 g/mol. The van der Waals surface area contributed by atoms with Crippen LogP contribution in [-0.2, 0) is 0 Å². The van der Waals surface area contributed by atoms with E-state index in [9.17, 15) is 19.1 Å². The van der Waals surface area contributed by atoms with Crippen molar-refractivity contribution in [2.75, 3.05) is 10.6 Å². The van der Waals surface area contributed by atoms with Gasteiger partial charge in [-0.15, -0.1) is 0 Å². The molecule has 3 aliphatic rings. The molecule has 2 aliphatic heterocycles. The van der Waals surface area contributed by atoms with Crippen molar-refractivity contribution in [2.24, 2.45) is 10.2 Å². The van der Waals surface area contributed by atoms with Crippen molar-refractivity contribution in [3.63, 3.8) is 0 Å². The van der Waals surface area contributed by atoms with Crippen LogP contribution in [-0.4, -0.2) is 21.8 Å². The first-order valence-electron chi connectivity index (χ1n) is 9.10. The first-order valence-corrected chi connectivity index (χ1v) is 9.10. The number of hydrogen-bond donors (Lipinski definition) is 2. The molecule has 5 rings (SSSR count). The summed E-state index contributed by atoms with van der Waals surface area (Å²) in [5.41, 5.74) is 6.47. The summed E-state index contributed by atoms with van der Waals surface area (Å²) in [6, 6.07) is 7.06. The van der Waals surface area contributed by atoms with E-state index in [1.54, 1.807) is 39.9 Å². The van der Waals surface area contributed by atoms with Gasteiger partial charge in [0.1, 0.15) is 22.9 Å². The van der Waals surface area contributed by atoms with Crippen LogP contribution in [0.2, 0.25) is 0 Å². The molecule has 0 spiro atoms. The second kappa shape index (κ2) is 6.13. The first kappa shape index (κ1) is 17.4. The van der Waals surface area contributed by atoms with Gasteiger partial charge in [-0.3, -0.25) is 4.79 Å². The Hall–Kier alpha value is -3.75. The van der Waals surface area contributed by atoms with Gasteiger partial charge in [0.15, 0.2) is 6.17 Å². The van der Waals surface area contributed by atoms with Gasteiger partial charge in [-0.2, -0.15) is 10.2 Å². The average molecular weight is 393 g/mol. The minimum atomic E-state index is -1.33. The van der Waals surface area contributed by atoms with Crippen molar-refractivity contribution in [1.82, 2.24) is 4.57 Å². The number of anilines is 2. The van der Waals surface area contributed by atoms with Crippen LogP contribution in [0, 0.1) is 0 Å². The summed E-state index contributed by atoms with van der Waals surface area (Å²) in [4.78, 5) is 25.8. The number of azo groups is 1. The molecule has 1 aromatic heterocycles. The van der Waals surface area contributed by atoms with Gasteiger partial charge in [0.2, 0.25) is 5.43 Å². The molecular formula is C20H16FN5O3. The smallest absolute Gasteiger partial charge is 0.341 e. The molecule has 3 heterocycles. The van der Waals surface area contributed by atoms with Crippen LogP contribution >= 0.6 is 0 Å². The van der Waals surface area contributed by atoms with E-state index in [2.05, 4.69) is 10.2 Å². The van der Waals surface area contributed by atoms with E-state index >= 15 is 0 Å².